The van der Waals surface area contributed by atoms with E-state index >= 15 is 0 Å². The lowest BCUT2D eigenvalue weighted by Gasteiger charge is -1.95. The van der Waals surface area contributed by atoms with Crippen LogP contribution in [0.25, 0.3) is 0 Å². The van der Waals surface area contributed by atoms with Gasteiger partial charge >= 0.3 is 0 Å². The van der Waals surface area contributed by atoms with Crippen LogP contribution in [0.4, 0.5) is 0 Å². The number of ketones is 1. The standard InChI is InChI=1S/C11H18O/c1-9(2)6-5-7-10(3)8-11(4)12/h6-7H,5,8H2,1-4H3. The first kappa shape index (κ1) is 11.2. The smallest absolute Gasteiger partial charge is 0.133 e. The number of rotatable bonds is 4. The topological polar surface area (TPSA) is 17.1 Å². The van der Waals surface area contributed by atoms with Crippen molar-refractivity contribution in [1.82, 2.24) is 0 Å². The Hall–Kier alpha value is -0.850. The molecular weight excluding hydrogens is 148 g/mol. The van der Waals surface area contributed by atoms with Crippen molar-refractivity contribution in [2.45, 2.75) is 40.5 Å². The molecule has 12 heavy (non-hydrogen) atoms. The summed E-state index contributed by atoms with van der Waals surface area (Å²) in [6.45, 7) is 7.78. The summed E-state index contributed by atoms with van der Waals surface area (Å²) in [5, 5.41) is 0. The van der Waals surface area contributed by atoms with Crippen LogP contribution in [0.1, 0.15) is 40.5 Å². The number of carbonyl (C=O) groups excluding carboxylic acids is 1. The van der Waals surface area contributed by atoms with E-state index in [9.17, 15) is 4.79 Å². The molecular formula is C11H18O. The van der Waals surface area contributed by atoms with Gasteiger partial charge in [0.05, 0.1) is 0 Å². The van der Waals surface area contributed by atoms with Gasteiger partial charge in [-0.2, -0.15) is 0 Å². The normalized spacial score (nSPS) is 11.2. The Kier molecular flexibility index (Phi) is 5.35. The van der Waals surface area contributed by atoms with E-state index in [2.05, 4.69) is 26.0 Å². The molecule has 0 aliphatic rings. The van der Waals surface area contributed by atoms with Crippen LogP contribution in [0.3, 0.4) is 0 Å². The number of carbonyl (C=O) groups is 1. The average Bonchev–Trinajstić information content (AvgIpc) is 1.84. The molecule has 0 rings (SSSR count). The zero-order chi connectivity index (χ0) is 9.56. The van der Waals surface area contributed by atoms with Gasteiger partial charge in [0.1, 0.15) is 5.78 Å². The molecule has 0 spiro atoms. The van der Waals surface area contributed by atoms with Gasteiger partial charge in [-0.1, -0.05) is 23.3 Å². The summed E-state index contributed by atoms with van der Waals surface area (Å²) in [5.41, 5.74) is 2.49. The lowest BCUT2D eigenvalue weighted by molar-refractivity contribution is -0.116. The van der Waals surface area contributed by atoms with Crippen LogP contribution < -0.4 is 0 Å². The molecule has 68 valence electrons. The molecule has 1 heteroatoms. The van der Waals surface area contributed by atoms with Gasteiger partial charge in [0.2, 0.25) is 0 Å². The highest BCUT2D eigenvalue weighted by molar-refractivity contribution is 5.77. The second kappa shape index (κ2) is 5.76. The fourth-order valence-electron chi connectivity index (χ4n) is 0.961. The van der Waals surface area contributed by atoms with Gasteiger partial charge in [-0.15, -0.1) is 0 Å². The maximum absolute atomic E-state index is 10.7. The predicted molar refractivity (Wildman–Crippen MR) is 53.1 cm³/mol. The fraction of sp³-hybridized carbons (Fsp3) is 0.545. The van der Waals surface area contributed by atoms with Crippen LogP contribution in [-0.2, 0) is 4.79 Å². The minimum absolute atomic E-state index is 0.237. The van der Waals surface area contributed by atoms with E-state index in [4.69, 9.17) is 0 Å². The zero-order valence-electron chi connectivity index (χ0n) is 8.48. The first-order valence-electron chi connectivity index (χ1n) is 4.31. The summed E-state index contributed by atoms with van der Waals surface area (Å²) >= 11 is 0. The lowest BCUT2D eigenvalue weighted by atomic mass is 10.1. The summed E-state index contributed by atoms with van der Waals surface area (Å²) in [6.07, 6.45) is 5.80. The summed E-state index contributed by atoms with van der Waals surface area (Å²) in [7, 11) is 0. The van der Waals surface area contributed by atoms with Gasteiger partial charge < -0.3 is 0 Å². The van der Waals surface area contributed by atoms with Crippen LogP contribution >= 0.6 is 0 Å². The van der Waals surface area contributed by atoms with Crippen molar-refractivity contribution < 1.29 is 4.79 Å². The molecule has 0 N–H and O–H groups in total. The van der Waals surface area contributed by atoms with E-state index in [1.807, 2.05) is 6.92 Å². The molecule has 0 aliphatic carbocycles. The molecule has 0 heterocycles. The minimum atomic E-state index is 0.237. The molecule has 0 saturated carbocycles. The van der Waals surface area contributed by atoms with Crippen molar-refractivity contribution in [3.05, 3.63) is 23.3 Å². The van der Waals surface area contributed by atoms with Crippen molar-refractivity contribution in [3.8, 4) is 0 Å². The van der Waals surface area contributed by atoms with Crippen LogP contribution in [0.15, 0.2) is 23.3 Å². The van der Waals surface area contributed by atoms with Crippen molar-refractivity contribution in [1.29, 1.82) is 0 Å². The van der Waals surface area contributed by atoms with Gasteiger partial charge in [0, 0.05) is 6.42 Å². The third-order valence-electron chi connectivity index (χ3n) is 1.52. The van der Waals surface area contributed by atoms with E-state index < -0.39 is 0 Å². The summed E-state index contributed by atoms with van der Waals surface area (Å²) in [5.74, 6) is 0.237. The molecule has 0 aromatic rings. The number of allylic oxidation sites excluding steroid dienone is 4. The molecule has 0 aliphatic heterocycles. The van der Waals surface area contributed by atoms with Crippen molar-refractivity contribution >= 4 is 5.78 Å². The largest absolute Gasteiger partial charge is 0.300 e. The Labute approximate surface area is 75.2 Å². The second-order valence-electron chi connectivity index (χ2n) is 3.45. The lowest BCUT2D eigenvalue weighted by Crippen LogP contribution is -1.89. The first-order valence-corrected chi connectivity index (χ1v) is 4.31. The number of hydrogen-bond acceptors (Lipinski definition) is 1. The van der Waals surface area contributed by atoms with E-state index in [0.717, 1.165) is 6.42 Å². The molecule has 0 fully saturated rings. The van der Waals surface area contributed by atoms with Crippen LogP contribution in [0.2, 0.25) is 0 Å². The number of Topliss-reactive ketones (excluding diaryl/α,β-unsaturated/α-hetero) is 1. The minimum Gasteiger partial charge on any atom is -0.300 e. The predicted octanol–water partition coefficient (Wildman–Crippen LogP) is 3.27. The second-order valence-corrected chi connectivity index (χ2v) is 3.45. The monoisotopic (exact) mass is 166 g/mol. The maximum atomic E-state index is 10.7. The molecule has 1 nitrogen and oxygen atoms in total. The van der Waals surface area contributed by atoms with Crippen molar-refractivity contribution in [2.24, 2.45) is 0 Å². The SMILES string of the molecule is CC(=O)CC(C)=CCC=C(C)C. The fourth-order valence-corrected chi connectivity index (χ4v) is 0.961. The Morgan fingerprint density at radius 3 is 2.08 bits per heavy atom. The van der Waals surface area contributed by atoms with Gasteiger partial charge in [-0.25, -0.2) is 0 Å². The summed E-state index contributed by atoms with van der Waals surface area (Å²) in [6, 6.07) is 0. The molecule has 0 amide bonds. The summed E-state index contributed by atoms with van der Waals surface area (Å²) < 4.78 is 0. The van der Waals surface area contributed by atoms with Gasteiger partial charge in [0.15, 0.2) is 0 Å². The quantitative estimate of drug-likeness (QED) is 0.586. The Bertz CT molecular complexity index is 205. The highest BCUT2D eigenvalue weighted by Gasteiger charge is 1.93. The molecule has 0 bridgehead atoms. The van der Waals surface area contributed by atoms with E-state index in [0.29, 0.717) is 6.42 Å². The zero-order valence-corrected chi connectivity index (χ0v) is 8.48. The molecule has 0 radical (unpaired) electrons. The van der Waals surface area contributed by atoms with Gasteiger partial charge in [0.25, 0.3) is 0 Å². The van der Waals surface area contributed by atoms with Crippen molar-refractivity contribution in [2.75, 3.05) is 0 Å². The van der Waals surface area contributed by atoms with Crippen LogP contribution in [0, 0.1) is 0 Å². The molecule has 0 atom stereocenters. The van der Waals surface area contributed by atoms with E-state index in [1.165, 1.54) is 11.1 Å². The van der Waals surface area contributed by atoms with E-state index in [-0.39, 0.29) is 5.78 Å². The Balaban J connectivity index is 3.85. The Morgan fingerprint density at radius 2 is 1.67 bits per heavy atom. The molecule has 0 saturated heterocycles. The molecule has 0 aromatic heterocycles. The highest BCUT2D eigenvalue weighted by atomic mass is 16.1. The van der Waals surface area contributed by atoms with Crippen LogP contribution in [0.5, 0.6) is 0 Å². The summed E-state index contributed by atoms with van der Waals surface area (Å²) in [4.78, 5) is 10.7. The average molecular weight is 166 g/mol. The third kappa shape index (κ3) is 7.26. The highest BCUT2D eigenvalue weighted by Crippen LogP contribution is 2.03. The maximum Gasteiger partial charge on any atom is 0.133 e. The van der Waals surface area contributed by atoms with Crippen molar-refractivity contribution in [3.63, 3.8) is 0 Å². The van der Waals surface area contributed by atoms with Gasteiger partial charge in [-0.05, 0) is 34.1 Å². The Morgan fingerprint density at radius 1 is 1.08 bits per heavy atom. The molecule has 0 unspecified atom stereocenters. The first-order chi connectivity index (χ1) is 5.52. The molecule has 0 aromatic carbocycles. The third-order valence-corrected chi connectivity index (χ3v) is 1.52. The van der Waals surface area contributed by atoms with Crippen LogP contribution in [-0.4, -0.2) is 5.78 Å². The van der Waals surface area contributed by atoms with Gasteiger partial charge in [-0.3, -0.25) is 4.79 Å². The van der Waals surface area contributed by atoms with E-state index in [1.54, 1.807) is 6.92 Å². The number of hydrogen-bond donors (Lipinski definition) is 0.